The summed E-state index contributed by atoms with van der Waals surface area (Å²) in [5.41, 5.74) is 8.95. The van der Waals surface area contributed by atoms with Crippen molar-refractivity contribution in [1.29, 1.82) is 0 Å². The molecule has 2 N–H and O–H groups in total. The van der Waals surface area contributed by atoms with Crippen LogP contribution in [0.3, 0.4) is 0 Å². The molecule has 0 radical (unpaired) electrons. The number of aromatic nitrogens is 4. The molecule has 0 fully saturated rings. The lowest BCUT2D eigenvalue weighted by atomic mass is 10.1. The van der Waals surface area contributed by atoms with E-state index in [-0.39, 0.29) is 0 Å². The van der Waals surface area contributed by atoms with Crippen molar-refractivity contribution in [2.75, 3.05) is 5.73 Å². The molecule has 7 heteroatoms. The van der Waals surface area contributed by atoms with Crippen molar-refractivity contribution < 1.29 is 0 Å². The maximum absolute atomic E-state index is 6.22. The van der Waals surface area contributed by atoms with Gasteiger partial charge in [-0.25, -0.2) is 0 Å². The van der Waals surface area contributed by atoms with E-state index in [1.54, 1.807) is 28.9 Å². The first-order valence-corrected chi connectivity index (χ1v) is 6.92. The number of hydrogen-bond donors (Lipinski definition) is 1. The average molecular weight is 320 g/mol. The maximum atomic E-state index is 6.22. The number of hydrogen-bond acceptors (Lipinski definition) is 4. The molecule has 1 aromatic heterocycles. The van der Waals surface area contributed by atoms with Crippen molar-refractivity contribution in [3.8, 4) is 17.1 Å². The van der Waals surface area contributed by atoms with E-state index in [0.29, 0.717) is 27.2 Å². The lowest BCUT2D eigenvalue weighted by molar-refractivity contribution is 0.791. The zero-order valence-electron chi connectivity index (χ0n) is 11.1. The van der Waals surface area contributed by atoms with Gasteiger partial charge in [-0.2, -0.15) is 4.68 Å². The fourth-order valence-corrected chi connectivity index (χ4v) is 2.47. The summed E-state index contributed by atoms with van der Waals surface area (Å²) < 4.78 is 1.56. The molecule has 0 aliphatic rings. The Morgan fingerprint density at radius 3 is 2.67 bits per heavy atom. The summed E-state index contributed by atoms with van der Waals surface area (Å²) in [7, 11) is 0. The van der Waals surface area contributed by atoms with Crippen LogP contribution >= 0.6 is 23.2 Å². The van der Waals surface area contributed by atoms with E-state index in [2.05, 4.69) is 15.5 Å². The number of tetrazole rings is 1. The molecular weight excluding hydrogens is 309 g/mol. The van der Waals surface area contributed by atoms with Gasteiger partial charge in [0.05, 0.1) is 10.7 Å². The van der Waals surface area contributed by atoms with Gasteiger partial charge in [-0.15, -0.1) is 5.10 Å². The van der Waals surface area contributed by atoms with Crippen LogP contribution in [-0.2, 0) is 0 Å². The van der Waals surface area contributed by atoms with Gasteiger partial charge >= 0.3 is 0 Å². The monoisotopic (exact) mass is 319 g/mol. The van der Waals surface area contributed by atoms with Crippen molar-refractivity contribution in [3.63, 3.8) is 0 Å². The van der Waals surface area contributed by atoms with Crippen molar-refractivity contribution >= 4 is 28.9 Å². The summed E-state index contributed by atoms with van der Waals surface area (Å²) >= 11 is 12.2. The van der Waals surface area contributed by atoms with Crippen LogP contribution in [0.5, 0.6) is 0 Å². The van der Waals surface area contributed by atoms with Crippen LogP contribution in [0.4, 0.5) is 5.69 Å². The predicted molar refractivity (Wildman–Crippen MR) is 83.8 cm³/mol. The largest absolute Gasteiger partial charge is 0.399 e. The van der Waals surface area contributed by atoms with Crippen LogP contribution < -0.4 is 5.73 Å². The summed E-state index contributed by atoms with van der Waals surface area (Å²) in [5.74, 6) is 0.580. The molecular formula is C14H11Cl2N5. The lowest BCUT2D eigenvalue weighted by Gasteiger charge is -2.09. The van der Waals surface area contributed by atoms with Gasteiger partial charge in [0.1, 0.15) is 0 Å². The smallest absolute Gasteiger partial charge is 0.187 e. The fraction of sp³-hybridized carbons (Fsp3) is 0.0714. The Morgan fingerprint density at radius 1 is 1.10 bits per heavy atom. The third kappa shape index (κ3) is 2.57. The van der Waals surface area contributed by atoms with E-state index < -0.39 is 0 Å². The standard InChI is InChI=1S/C14H11Cl2N5/c1-8-6-10(17)3-4-11(8)14-18-19-20-21(14)13-7-9(15)2-5-12(13)16/h2-7H,17H2,1H3. The van der Waals surface area contributed by atoms with Gasteiger partial charge in [0.15, 0.2) is 5.82 Å². The highest BCUT2D eigenvalue weighted by molar-refractivity contribution is 6.34. The molecule has 0 aliphatic heterocycles. The summed E-state index contributed by atoms with van der Waals surface area (Å²) in [6, 6.07) is 10.7. The number of benzene rings is 2. The summed E-state index contributed by atoms with van der Waals surface area (Å²) in [5, 5.41) is 12.9. The quantitative estimate of drug-likeness (QED) is 0.733. The Morgan fingerprint density at radius 2 is 1.90 bits per heavy atom. The molecule has 0 saturated heterocycles. The van der Waals surface area contributed by atoms with Gasteiger partial charge in [0, 0.05) is 16.3 Å². The topological polar surface area (TPSA) is 69.6 Å². The summed E-state index contributed by atoms with van der Waals surface area (Å²) in [6.45, 7) is 1.95. The molecule has 21 heavy (non-hydrogen) atoms. The molecule has 0 atom stereocenters. The first kappa shape index (κ1) is 13.9. The van der Waals surface area contributed by atoms with Crippen LogP contribution in [0.25, 0.3) is 17.1 Å². The maximum Gasteiger partial charge on any atom is 0.187 e. The summed E-state index contributed by atoms with van der Waals surface area (Å²) in [6.07, 6.45) is 0. The summed E-state index contributed by atoms with van der Waals surface area (Å²) in [4.78, 5) is 0. The zero-order valence-corrected chi connectivity index (χ0v) is 12.6. The van der Waals surface area contributed by atoms with Gasteiger partial charge < -0.3 is 5.73 Å². The normalized spacial score (nSPS) is 10.8. The zero-order chi connectivity index (χ0) is 15.0. The number of halogens is 2. The molecule has 0 saturated carbocycles. The van der Waals surface area contributed by atoms with Crippen molar-refractivity contribution in [1.82, 2.24) is 20.2 Å². The number of aryl methyl sites for hydroxylation is 1. The molecule has 0 spiro atoms. The number of nitrogen functional groups attached to an aromatic ring is 1. The van der Waals surface area contributed by atoms with E-state index in [9.17, 15) is 0 Å². The minimum absolute atomic E-state index is 0.515. The lowest BCUT2D eigenvalue weighted by Crippen LogP contribution is -2.02. The fourth-order valence-electron chi connectivity index (χ4n) is 2.10. The Kier molecular flexibility index (Phi) is 3.53. The van der Waals surface area contributed by atoms with Gasteiger partial charge in [-0.1, -0.05) is 23.2 Å². The van der Waals surface area contributed by atoms with E-state index in [1.165, 1.54) is 0 Å². The average Bonchev–Trinajstić information content (AvgIpc) is 2.90. The Hall–Kier alpha value is -2.11. The van der Waals surface area contributed by atoms with Crippen molar-refractivity contribution in [2.45, 2.75) is 6.92 Å². The third-order valence-corrected chi connectivity index (χ3v) is 3.65. The first-order valence-electron chi connectivity index (χ1n) is 6.16. The van der Waals surface area contributed by atoms with E-state index in [4.69, 9.17) is 28.9 Å². The molecule has 0 unspecified atom stereocenters. The highest BCUT2D eigenvalue weighted by Gasteiger charge is 2.15. The number of nitrogens with zero attached hydrogens (tertiary/aromatic N) is 4. The number of nitrogens with two attached hydrogens (primary N) is 1. The second-order valence-electron chi connectivity index (χ2n) is 4.58. The van der Waals surface area contributed by atoms with Gasteiger partial charge in [-0.3, -0.25) is 0 Å². The predicted octanol–water partition coefficient (Wildman–Crippen LogP) is 3.53. The van der Waals surface area contributed by atoms with Crippen LogP contribution in [0, 0.1) is 6.92 Å². The molecule has 3 rings (SSSR count). The Balaban J connectivity index is 2.19. The molecule has 3 aromatic rings. The highest BCUT2D eigenvalue weighted by atomic mass is 35.5. The number of anilines is 1. The van der Waals surface area contributed by atoms with Crippen molar-refractivity contribution in [2.24, 2.45) is 0 Å². The molecule has 5 nitrogen and oxygen atoms in total. The number of rotatable bonds is 2. The molecule has 1 heterocycles. The van der Waals surface area contributed by atoms with Crippen LogP contribution in [0.1, 0.15) is 5.56 Å². The van der Waals surface area contributed by atoms with Gasteiger partial charge in [0.25, 0.3) is 0 Å². The van der Waals surface area contributed by atoms with Gasteiger partial charge in [0.2, 0.25) is 0 Å². The minimum Gasteiger partial charge on any atom is -0.399 e. The van der Waals surface area contributed by atoms with E-state index in [1.807, 2.05) is 19.1 Å². The molecule has 106 valence electrons. The minimum atomic E-state index is 0.515. The Bertz CT molecular complexity index is 813. The van der Waals surface area contributed by atoms with Gasteiger partial charge in [-0.05, 0) is 59.3 Å². The SMILES string of the molecule is Cc1cc(N)ccc1-c1nnnn1-c1cc(Cl)ccc1Cl. The van der Waals surface area contributed by atoms with Crippen LogP contribution in [-0.4, -0.2) is 20.2 Å². The molecule has 0 bridgehead atoms. The molecule has 2 aromatic carbocycles. The van der Waals surface area contributed by atoms with E-state index >= 15 is 0 Å². The van der Waals surface area contributed by atoms with E-state index in [0.717, 1.165) is 11.1 Å². The van der Waals surface area contributed by atoms with Crippen LogP contribution in [0.2, 0.25) is 10.0 Å². The molecule has 0 aliphatic carbocycles. The Labute approximate surface area is 131 Å². The molecule has 0 amide bonds. The first-order chi connectivity index (χ1) is 10.1. The van der Waals surface area contributed by atoms with Crippen molar-refractivity contribution in [3.05, 3.63) is 52.0 Å². The third-order valence-electron chi connectivity index (χ3n) is 3.10. The van der Waals surface area contributed by atoms with Crippen LogP contribution in [0.15, 0.2) is 36.4 Å². The second kappa shape index (κ2) is 5.35. The second-order valence-corrected chi connectivity index (χ2v) is 5.43. The highest BCUT2D eigenvalue weighted by Crippen LogP contribution is 2.29.